The average molecular weight is 345 g/mol. The fraction of sp³-hybridized carbons (Fsp3) is 0.920. The molecule has 0 spiro atoms. The number of allylic oxidation sites excluding steroid dienone is 2. The summed E-state index contributed by atoms with van der Waals surface area (Å²) < 4.78 is 0. The van der Waals surface area contributed by atoms with Crippen LogP contribution in [0.4, 0.5) is 0 Å². The van der Waals surface area contributed by atoms with E-state index in [-0.39, 0.29) is 0 Å². The Bertz CT molecular complexity index is 392. The van der Waals surface area contributed by atoms with Gasteiger partial charge in [0, 0.05) is 0 Å². The first-order valence-electron chi connectivity index (χ1n) is 11.8. The van der Waals surface area contributed by atoms with Crippen LogP contribution in [0.2, 0.25) is 0 Å². The summed E-state index contributed by atoms with van der Waals surface area (Å²) >= 11 is 0. The van der Waals surface area contributed by atoms with E-state index in [1.165, 1.54) is 44.9 Å². The molecule has 3 aliphatic carbocycles. The third kappa shape index (κ3) is 5.36. The van der Waals surface area contributed by atoms with Gasteiger partial charge in [0.05, 0.1) is 0 Å². The molecule has 3 aliphatic rings. The van der Waals surface area contributed by atoms with E-state index < -0.39 is 0 Å². The predicted molar refractivity (Wildman–Crippen MR) is 111 cm³/mol. The molecular formula is C25H44. The molecule has 0 heterocycles. The zero-order valence-electron chi connectivity index (χ0n) is 17.4. The summed E-state index contributed by atoms with van der Waals surface area (Å²) in [6.45, 7) is 7.18. The number of hydrogen-bond donors (Lipinski definition) is 0. The zero-order valence-corrected chi connectivity index (χ0v) is 17.4. The van der Waals surface area contributed by atoms with Gasteiger partial charge in [-0.25, -0.2) is 0 Å². The van der Waals surface area contributed by atoms with Crippen LogP contribution in [0.15, 0.2) is 12.2 Å². The van der Waals surface area contributed by atoms with Crippen molar-refractivity contribution in [1.82, 2.24) is 0 Å². The van der Waals surface area contributed by atoms with Gasteiger partial charge in [-0.1, -0.05) is 45.3 Å². The zero-order chi connectivity index (χ0) is 17.6. The van der Waals surface area contributed by atoms with Crippen molar-refractivity contribution < 1.29 is 0 Å². The molecule has 3 saturated carbocycles. The van der Waals surface area contributed by atoms with Gasteiger partial charge in [-0.05, 0) is 113 Å². The summed E-state index contributed by atoms with van der Waals surface area (Å²) in [7, 11) is 0. The van der Waals surface area contributed by atoms with Crippen LogP contribution in [-0.4, -0.2) is 0 Å². The Morgan fingerprint density at radius 2 is 1.32 bits per heavy atom. The Hall–Kier alpha value is -0.260. The van der Waals surface area contributed by atoms with Gasteiger partial charge in [-0.3, -0.25) is 0 Å². The van der Waals surface area contributed by atoms with Crippen molar-refractivity contribution in [3.8, 4) is 0 Å². The van der Waals surface area contributed by atoms with Gasteiger partial charge < -0.3 is 0 Å². The second-order valence-corrected chi connectivity index (χ2v) is 10.2. The highest BCUT2D eigenvalue weighted by molar-refractivity contribution is 4.88. The molecule has 0 N–H and O–H groups in total. The van der Waals surface area contributed by atoms with Gasteiger partial charge in [0.25, 0.3) is 0 Å². The van der Waals surface area contributed by atoms with E-state index in [1.54, 1.807) is 38.5 Å². The topological polar surface area (TPSA) is 0 Å². The standard InChI is InChI=1S/C25H44/c1-4-5-6-7-21-9-11-22(12-10-21)23-13-15-24(16-14-23)25-17-8-19(2)18-20(25)3/h4-5,19-25H,6-18H2,1-3H3/b5-4+. The Labute approximate surface area is 158 Å². The average Bonchev–Trinajstić information content (AvgIpc) is 2.63. The lowest BCUT2D eigenvalue weighted by Crippen LogP contribution is -2.32. The smallest absolute Gasteiger partial charge is 0.0348 e. The molecule has 144 valence electrons. The fourth-order valence-corrected chi connectivity index (χ4v) is 6.88. The van der Waals surface area contributed by atoms with Crippen LogP contribution < -0.4 is 0 Å². The van der Waals surface area contributed by atoms with Gasteiger partial charge in [0.15, 0.2) is 0 Å². The van der Waals surface area contributed by atoms with E-state index in [0.29, 0.717) is 0 Å². The molecule has 3 rings (SSSR count). The van der Waals surface area contributed by atoms with E-state index in [0.717, 1.165) is 41.4 Å². The highest BCUT2D eigenvalue weighted by Gasteiger charge is 2.36. The quantitative estimate of drug-likeness (QED) is 0.443. The Balaban J connectivity index is 1.38. The molecule has 3 atom stereocenters. The lowest BCUT2D eigenvalue weighted by atomic mass is 9.62. The normalized spacial score (nSPS) is 43.4. The van der Waals surface area contributed by atoms with Crippen molar-refractivity contribution >= 4 is 0 Å². The lowest BCUT2D eigenvalue weighted by Gasteiger charge is -2.43. The van der Waals surface area contributed by atoms with Crippen molar-refractivity contribution in [3.63, 3.8) is 0 Å². The molecule has 0 aromatic rings. The van der Waals surface area contributed by atoms with Crippen molar-refractivity contribution in [1.29, 1.82) is 0 Å². The maximum absolute atomic E-state index is 2.56. The van der Waals surface area contributed by atoms with Crippen molar-refractivity contribution in [2.45, 2.75) is 104 Å². The van der Waals surface area contributed by atoms with Crippen molar-refractivity contribution in [2.75, 3.05) is 0 Å². The first kappa shape index (κ1) is 19.5. The third-order valence-corrected chi connectivity index (χ3v) is 8.46. The molecule has 25 heavy (non-hydrogen) atoms. The van der Waals surface area contributed by atoms with E-state index in [4.69, 9.17) is 0 Å². The van der Waals surface area contributed by atoms with Crippen molar-refractivity contribution in [2.24, 2.45) is 41.4 Å². The summed E-state index contributed by atoms with van der Waals surface area (Å²) in [6, 6.07) is 0. The van der Waals surface area contributed by atoms with Crippen LogP contribution in [0, 0.1) is 41.4 Å². The van der Waals surface area contributed by atoms with Crippen molar-refractivity contribution in [3.05, 3.63) is 12.2 Å². The van der Waals surface area contributed by atoms with Crippen LogP contribution in [0.3, 0.4) is 0 Å². The van der Waals surface area contributed by atoms with Gasteiger partial charge in [-0.2, -0.15) is 0 Å². The first-order valence-corrected chi connectivity index (χ1v) is 11.8. The molecule has 3 unspecified atom stereocenters. The second-order valence-electron chi connectivity index (χ2n) is 10.2. The van der Waals surface area contributed by atoms with Crippen LogP contribution in [-0.2, 0) is 0 Å². The second kappa shape index (κ2) is 9.61. The summed E-state index contributed by atoms with van der Waals surface area (Å²) in [5.41, 5.74) is 0. The summed E-state index contributed by atoms with van der Waals surface area (Å²) in [5.74, 6) is 7.35. The number of hydrogen-bond acceptors (Lipinski definition) is 0. The molecule has 3 fully saturated rings. The molecule has 0 amide bonds. The van der Waals surface area contributed by atoms with E-state index in [1.807, 2.05) is 0 Å². The van der Waals surface area contributed by atoms with Gasteiger partial charge in [0.2, 0.25) is 0 Å². The molecule has 0 bridgehead atoms. The van der Waals surface area contributed by atoms with Gasteiger partial charge in [0.1, 0.15) is 0 Å². The van der Waals surface area contributed by atoms with Crippen LogP contribution in [0.1, 0.15) is 104 Å². The minimum Gasteiger partial charge on any atom is -0.0917 e. The van der Waals surface area contributed by atoms with E-state index in [2.05, 4.69) is 32.9 Å². The van der Waals surface area contributed by atoms with E-state index >= 15 is 0 Å². The van der Waals surface area contributed by atoms with Crippen LogP contribution >= 0.6 is 0 Å². The molecule has 0 nitrogen and oxygen atoms in total. The minimum absolute atomic E-state index is 0.991. The molecule has 0 radical (unpaired) electrons. The Morgan fingerprint density at radius 3 is 1.92 bits per heavy atom. The molecule has 0 aliphatic heterocycles. The maximum atomic E-state index is 2.56. The SMILES string of the molecule is C/C=C/CCC1CCC(C2CCC(C3CCC(C)CC3C)CC2)CC1. The van der Waals surface area contributed by atoms with Gasteiger partial charge in [-0.15, -0.1) is 0 Å². The highest BCUT2D eigenvalue weighted by Crippen LogP contribution is 2.47. The molecular weight excluding hydrogens is 300 g/mol. The molecule has 0 saturated heterocycles. The van der Waals surface area contributed by atoms with E-state index in [9.17, 15) is 0 Å². The minimum atomic E-state index is 0.991. The first-order chi connectivity index (χ1) is 12.2. The summed E-state index contributed by atoms with van der Waals surface area (Å²) in [5, 5.41) is 0. The lowest BCUT2D eigenvalue weighted by molar-refractivity contribution is 0.0775. The van der Waals surface area contributed by atoms with Gasteiger partial charge >= 0.3 is 0 Å². The summed E-state index contributed by atoms with van der Waals surface area (Å²) in [6.07, 6.45) is 24.3. The van der Waals surface area contributed by atoms with Crippen LogP contribution in [0.5, 0.6) is 0 Å². The summed E-state index contributed by atoms with van der Waals surface area (Å²) in [4.78, 5) is 0. The maximum Gasteiger partial charge on any atom is -0.0348 e. The fourth-order valence-electron chi connectivity index (χ4n) is 6.88. The Morgan fingerprint density at radius 1 is 0.720 bits per heavy atom. The number of rotatable bonds is 5. The van der Waals surface area contributed by atoms with Crippen LogP contribution in [0.25, 0.3) is 0 Å². The Kier molecular flexibility index (Phi) is 7.50. The molecule has 0 aromatic carbocycles. The molecule has 0 aromatic heterocycles. The third-order valence-electron chi connectivity index (χ3n) is 8.46. The molecule has 0 heteroatoms. The predicted octanol–water partition coefficient (Wildman–Crippen LogP) is 8.03. The largest absolute Gasteiger partial charge is 0.0917 e. The monoisotopic (exact) mass is 344 g/mol. The highest BCUT2D eigenvalue weighted by atomic mass is 14.4.